The van der Waals surface area contributed by atoms with Crippen molar-refractivity contribution in [2.24, 2.45) is 4.99 Å². The van der Waals surface area contributed by atoms with Crippen LogP contribution < -0.4 is 15.4 Å². The number of guanidine groups is 1. The normalized spacial score (nSPS) is 13.6. The molecule has 1 aliphatic heterocycles. The van der Waals surface area contributed by atoms with Gasteiger partial charge in [-0.15, -0.1) is 24.0 Å². The maximum absolute atomic E-state index is 12.2. The van der Waals surface area contributed by atoms with Gasteiger partial charge < -0.3 is 20.3 Å². The van der Waals surface area contributed by atoms with Crippen LogP contribution in [0.25, 0.3) is 0 Å². The first kappa shape index (κ1) is 23.0. The van der Waals surface area contributed by atoms with Crippen LogP contribution in [0.1, 0.15) is 25.3 Å². The Balaban J connectivity index is 0.00000300. The average Bonchev–Trinajstić information content (AvgIpc) is 3.27. The number of para-hydroxylation sites is 2. The van der Waals surface area contributed by atoms with Crippen molar-refractivity contribution in [3.8, 4) is 11.5 Å². The molecule has 0 aromatic heterocycles. The van der Waals surface area contributed by atoms with Crippen LogP contribution in [0.4, 0.5) is 0 Å². The molecular formula is C22H29IN4O2. The highest BCUT2D eigenvalue weighted by Crippen LogP contribution is 2.25. The molecule has 1 fully saturated rings. The number of ether oxygens (including phenoxy) is 1. The molecule has 1 amide bonds. The summed E-state index contributed by atoms with van der Waals surface area (Å²) in [7, 11) is 0. The monoisotopic (exact) mass is 508 g/mol. The number of amides is 1. The highest BCUT2D eigenvalue weighted by molar-refractivity contribution is 14.0. The molecule has 0 radical (unpaired) electrons. The first-order chi connectivity index (χ1) is 13.8. The van der Waals surface area contributed by atoms with E-state index in [2.05, 4.69) is 15.6 Å². The number of nitrogens with one attached hydrogen (secondary N) is 2. The van der Waals surface area contributed by atoms with Gasteiger partial charge in [0.15, 0.2) is 5.96 Å². The Morgan fingerprint density at radius 1 is 1.03 bits per heavy atom. The third kappa shape index (κ3) is 7.23. The lowest BCUT2D eigenvalue weighted by Gasteiger charge is -2.17. The average molecular weight is 508 g/mol. The lowest BCUT2D eigenvalue weighted by Crippen LogP contribution is -2.44. The molecule has 0 spiro atoms. The van der Waals surface area contributed by atoms with Crippen LogP contribution in [0.5, 0.6) is 11.5 Å². The summed E-state index contributed by atoms with van der Waals surface area (Å²) in [5, 5.41) is 6.34. The van der Waals surface area contributed by atoms with E-state index in [4.69, 9.17) is 4.74 Å². The topological polar surface area (TPSA) is 66.0 Å². The largest absolute Gasteiger partial charge is 0.457 e. The van der Waals surface area contributed by atoms with E-state index < -0.39 is 0 Å². The first-order valence-electron chi connectivity index (χ1n) is 9.87. The number of halogens is 1. The van der Waals surface area contributed by atoms with Gasteiger partial charge >= 0.3 is 0 Å². The van der Waals surface area contributed by atoms with Crippen molar-refractivity contribution in [1.82, 2.24) is 15.5 Å². The number of carbonyl (C=O) groups excluding carboxylic acids is 1. The quantitative estimate of drug-likeness (QED) is 0.340. The van der Waals surface area contributed by atoms with Crippen LogP contribution in [0, 0.1) is 0 Å². The third-order valence-corrected chi connectivity index (χ3v) is 4.56. The molecule has 156 valence electrons. The second-order valence-corrected chi connectivity index (χ2v) is 6.66. The summed E-state index contributed by atoms with van der Waals surface area (Å²) in [5.74, 6) is 2.32. The van der Waals surface area contributed by atoms with E-state index in [-0.39, 0.29) is 36.4 Å². The number of benzene rings is 2. The number of hydrogen-bond donors (Lipinski definition) is 2. The minimum absolute atomic E-state index is 0. The van der Waals surface area contributed by atoms with E-state index >= 15 is 0 Å². The van der Waals surface area contributed by atoms with Gasteiger partial charge in [0.25, 0.3) is 0 Å². The number of aliphatic imine (C=N–C) groups is 1. The van der Waals surface area contributed by atoms with E-state index in [1.165, 1.54) is 0 Å². The molecule has 0 saturated carbocycles. The minimum atomic E-state index is 0. The van der Waals surface area contributed by atoms with Gasteiger partial charge in [0, 0.05) is 25.2 Å². The van der Waals surface area contributed by atoms with Gasteiger partial charge in [-0.05, 0) is 38.0 Å². The molecule has 0 aliphatic carbocycles. The van der Waals surface area contributed by atoms with Crippen LogP contribution in [-0.4, -0.2) is 42.9 Å². The fourth-order valence-electron chi connectivity index (χ4n) is 3.09. The highest BCUT2D eigenvalue weighted by atomic mass is 127. The van der Waals surface area contributed by atoms with Crippen LogP contribution in [0.15, 0.2) is 59.6 Å². The number of nitrogens with zero attached hydrogens (tertiary/aromatic N) is 2. The van der Waals surface area contributed by atoms with Crippen molar-refractivity contribution in [3.05, 3.63) is 60.2 Å². The highest BCUT2D eigenvalue weighted by Gasteiger charge is 2.17. The lowest BCUT2D eigenvalue weighted by atomic mass is 10.2. The van der Waals surface area contributed by atoms with E-state index in [1.807, 2.05) is 66.4 Å². The van der Waals surface area contributed by atoms with Gasteiger partial charge in [-0.3, -0.25) is 4.79 Å². The molecule has 7 heteroatoms. The van der Waals surface area contributed by atoms with E-state index in [1.54, 1.807) is 0 Å². The second kappa shape index (κ2) is 12.3. The molecule has 1 heterocycles. The van der Waals surface area contributed by atoms with E-state index in [0.29, 0.717) is 12.5 Å². The predicted octanol–water partition coefficient (Wildman–Crippen LogP) is 3.77. The Bertz CT molecular complexity index is 792. The zero-order chi connectivity index (χ0) is 19.6. The fraction of sp³-hybridized carbons (Fsp3) is 0.364. The summed E-state index contributed by atoms with van der Waals surface area (Å²) in [6, 6.07) is 17.6. The smallest absolute Gasteiger partial charge is 0.241 e. The van der Waals surface area contributed by atoms with Crippen LogP contribution in [0.2, 0.25) is 0 Å². The molecule has 0 bridgehead atoms. The molecule has 3 rings (SSSR count). The van der Waals surface area contributed by atoms with Crippen molar-refractivity contribution in [3.63, 3.8) is 0 Å². The summed E-state index contributed by atoms with van der Waals surface area (Å²) in [5.41, 5.74) is 0.981. The molecule has 6 nitrogen and oxygen atoms in total. The molecule has 2 aromatic rings. The molecule has 2 N–H and O–H groups in total. The molecule has 0 atom stereocenters. The first-order valence-corrected chi connectivity index (χ1v) is 9.87. The minimum Gasteiger partial charge on any atom is -0.457 e. The van der Waals surface area contributed by atoms with E-state index in [9.17, 15) is 4.79 Å². The van der Waals surface area contributed by atoms with Gasteiger partial charge in [0.1, 0.15) is 11.5 Å². The van der Waals surface area contributed by atoms with Crippen molar-refractivity contribution in [2.75, 3.05) is 26.2 Å². The van der Waals surface area contributed by atoms with Crippen molar-refractivity contribution < 1.29 is 9.53 Å². The van der Waals surface area contributed by atoms with Crippen molar-refractivity contribution >= 4 is 35.8 Å². The summed E-state index contributed by atoms with van der Waals surface area (Å²) in [4.78, 5) is 18.8. The maximum Gasteiger partial charge on any atom is 0.241 e. The maximum atomic E-state index is 12.2. The summed E-state index contributed by atoms with van der Waals surface area (Å²) >= 11 is 0. The molecular weight excluding hydrogens is 479 g/mol. The summed E-state index contributed by atoms with van der Waals surface area (Å²) in [6.07, 6.45) is 2.19. The number of likely N-dealkylation sites (tertiary alicyclic amines) is 1. The molecule has 1 saturated heterocycles. The molecule has 29 heavy (non-hydrogen) atoms. The Labute approximate surface area is 189 Å². The second-order valence-electron chi connectivity index (χ2n) is 6.66. The molecule has 2 aromatic carbocycles. The van der Waals surface area contributed by atoms with Gasteiger partial charge in [0.2, 0.25) is 5.91 Å². The lowest BCUT2D eigenvalue weighted by molar-refractivity contribution is -0.128. The summed E-state index contributed by atoms with van der Waals surface area (Å²) < 4.78 is 6.00. The molecule has 1 aliphatic rings. The Hall–Kier alpha value is -2.29. The zero-order valence-electron chi connectivity index (χ0n) is 16.8. The fourth-order valence-corrected chi connectivity index (χ4v) is 3.09. The van der Waals surface area contributed by atoms with Gasteiger partial charge in [-0.25, -0.2) is 4.99 Å². The van der Waals surface area contributed by atoms with Crippen LogP contribution in [-0.2, 0) is 11.3 Å². The van der Waals surface area contributed by atoms with E-state index in [0.717, 1.165) is 49.5 Å². The van der Waals surface area contributed by atoms with Gasteiger partial charge in [-0.1, -0.05) is 36.4 Å². The predicted molar refractivity (Wildman–Crippen MR) is 127 cm³/mol. The Kier molecular flexibility index (Phi) is 9.76. The zero-order valence-corrected chi connectivity index (χ0v) is 19.1. The van der Waals surface area contributed by atoms with Crippen molar-refractivity contribution in [2.45, 2.75) is 26.3 Å². The van der Waals surface area contributed by atoms with Gasteiger partial charge in [0.05, 0.1) is 13.1 Å². The third-order valence-electron chi connectivity index (χ3n) is 4.56. The number of rotatable bonds is 7. The van der Waals surface area contributed by atoms with Crippen molar-refractivity contribution in [1.29, 1.82) is 0 Å². The Morgan fingerprint density at radius 3 is 2.45 bits per heavy atom. The Morgan fingerprint density at radius 2 is 1.72 bits per heavy atom. The standard InChI is InChI=1S/C22H28N4O2.HI/c1-2-23-22(25-17-21(27)26-14-8-9-15-26)24-16-18-10-6-7-13-20(18)28-19-11-4-3-5-12-19;/h3-7,10-13H,2,8-9,14-17H2,1H3,(H2,23,24,25);1H. The van der Waals surface area contributed by atoms with Crippen LogP contribution >= 0.6 is 24.0 Å². The van der Waals surface area contributed by atoms with Gasteiger partial charge in [-0.2, -0.15) is 0 Å². The SMILES string of the molecule is CCNC(=NCc1ccccc1Oc1ccccc1)NCC(=O)N1CCCC1.I. The van der Waals surface area contributed by atoms with Crippen LogP contribution in [0.3, 0.4) is 0 Å². The summed E-state index contributed by atoms with van der Waals surface area (Å²) in [6.45, 7) is 5.17. The number of hydrogen-bond acceptors (Lipinski definition) is 3. The number of carbonyl (C=O) groups is 1. The molecule has 0 unspecified atom stereocenters.